The first kappa shape index (κ1) is 19.6. The zero-order valence-corrected chi connectivity index (χ0v) is 15.4. The van der Waals surface area contributed by atoms with Crippen molar-refractivity contribution in [2.45, 2.75) is 35.9 Å². The lowest BCUT2D eigenvalue weighted by molar-refractivity contribution is -0.164. The molecule has 25 heavy (non-hydrogen) atoms. The van der Waals surface area contributed by atoms with Crippen LogP contribution in [0.25, 0.3) is 0 Å². The van der Waals surface area contributed by atoms with Gasteiger partial charge in [-0.25, -0.2) is 0 Å². The average molecular weight is 422 g/mol. The fourth-order valence-corrected chi connectivity index (χ4v) is 3.88. The summed E-state index contributed by atoms with van der Waals surface area (Å²) in [6.45, 7) is -1.55. The number of esters is 1. The number of methoxy groups -OCH3 is 2. The van der Waals surface area contributed by atoms with Crippen LogP contribution in [0.3, 0.4) is 0 Å². The van der Waals surface area contributed by atoms with Crippen LogP contribution in [0, 0.1) is 0 Å². The molecule has 138 valence electrons. The molecule has 1 saturated heterocycles. The lowest BCUT2D eigenvalue weighted by Crippen LogP contribution is -2.70. The van der Waals surface area contributed by atoms with Gasteiger partial charge in [-0.3, -0.25) is 9.59 Å². The van der Waals surface area contributed by atoms with Crippen LogP contribution in [0.2, 0.25) is 0 Å². The van der Waals surface area contributed by atoms with Gasteiger partial charge in [-0.05, 0) is 13.0 Å². The number of halogens is 3. The van der Waals surface area contributed by atoms with E-state index in [1.165, 1.54) is 39.3 Å². The molecule has 1 aromatic rings. The summed E-state index contributed by atoms with van der Waals surface area (Å²) >= 11 is 3.38. The van der Waals surface area contributed by atoms with Gasteiger partial charge in [-0.15, -0.1) is 0 Å². The second-order valence-corrected chi connectivity index (χ2v) is 6.91. The maximum Gasteiger partial charge on any atom is 0.387 e. The molecule has 1 aromatic carbocycles. The molecule has 0 spiro atoms. The number of ether oxygens (including phenoxy) is 3. The molecule has 0 bridgehead atoms. The monoisotopic (exact) mass is 421 g/mol. The number of hydrogen-bond donors (Lipinski definition) is 1. The van der Waals surface area contributed by atoms with Crippen LogP contribution in [-0.2, 0) is 19.1 Å². The van der Waals surface area contributed by atoms with Crippen molar-refractivity contribution in [3.05, 3.63) is 29.8 Å². The fourth-order valence-electron chi connectivity index (χ4n) is 3.05. The van der Waals surface area contributed by atoms with Gasteiger partial charge in [0.25, 0.3) is 0 Å². The van der Waals surface area contributed by atoms with E-state index in [4.69, 9.17) is 9.47 Å². The minimum absolute atomic E-state index is 0.122. The van der Waals surface area contributed by atoms with E-state index in [1.807, 2.05) is 0 Å². The van der Waals surface area contributed by atoms with E-state index in [-0.39, 0.29) is 17.7 Å². The first-order chi connectivity index (χ1) is 11.7. The third kappa shape index (κ3) is 3.35. The Kier molecular flexibility index (Phi) is 5.68. The molecular weight excluding hydrogens is 404 g/mol. The quantitative estimate of drug-likeness (QED) is 0.584. The van der Waals surface area contributed by atoms with Crippen LogP contribution in [0.1, 0.15) is 24.8 Å². The summed E-state index contributed by atoms with van der Waals surface area (Å²) in [5, 5.41) is 2.61. The molecule has 1 fully saturated rings. The van der Waals surface area contributed by atoms with E-state index in [2.05, 4.69) is 26.0 Å². The predicted molar refractivity (Wildman–Crippen MR) is 87.7 cm³/mol. The van der Waals surface area contributed by atoms with Crippen LogP contribution in [0.15, 0.2) is 24.3 Å². The lowest BCUT2D eigenvalue weighted by atomic mass is 9.74. The van der Waals surface area contributed by atoms with Crippen molar-refractivity contribution >= 4 is 27.8 Å². The summed E-state index contributed by atoms with van der Waals surface area (Å²) < 4.78 is 38.8. The standard InChI is InChI=1S/C16H18BrF2NO5/c1-15(24-3)16(17,13(22)23-2)10(8-12(21)20-15)9-6-4-5-7-11(9)25-14(18)19/h4-7,10,14H,8H2,1-3H3,(H,20,21)/t10?,15-,16+/m1/s1. The Bertz CT molecular complexity index is 674. The summed E-state index contributed by atoms with van der Waals surface area (Å²) in [6.07, 6.45) is -0.150. The fraction of sp³-hybridized carbons (Fsp3) is 0.500. The van der Waals surface area contributed by atoms with Crippen LogP contribution in [-0.4, -0.2) is 42.8 Å². The second-order valence-electron chi connectivity index (χ2n) is 5.66. The molecule has 0 aromatic heterocycles. The third-order valence-electron chi connectivity index (χ3n) is 4.34. The Morgan fingerprint density at radius 2 is 2.00 bits per heavy atom. The van der Waals surface area contributed by atoms with Gasteiger partial charge in [0.1, 0.15) is 5.75 Å². The molecule has 1 unspecified atom stereocenters. The van der Waals surface area contributed by atoms with E-state index in [0.717, 1.165) is 0 Å². The average Bonchev–Trinajstić information content (AvgIpc) is 2.57. The molecule has 1 aliphatic heterocycles. The largest absolute Gasteiger partial charge is 0.468 e. The normalized spacial score (nSPS) is 29.2. The number of piperidine rings is 1. The molecule has 1 heterocycles. The third-order valence-corrected chi connectivity index (χ3v) is 5.98. The van der Waals surface area contributed by atoms with Gasteiger partial charge in [0.2, 0.25) is 5.91 Å². The highest BCUT2D eigenvalue weighted by atomic mass is 79.9. The summed E-state index contributed by atoms with van der Waals surface area (Å²) in [4.78, 5) is 24.8. The van der Waals surface area contributed by atoms with Crippen LogP contribution in [0.4, 0.5) is 8.78 Å². The number of benzene rings is 1. The Labute approximate surface area is 151 Å². The smallest absolute Gasteiger partial charge is 0.387 e. The van der Waals surface area contributed by atoms with E-state index in [9.17, 15) is 18.4 Å². The minimum atomic E-state index is -3.05. The van der Waals surface area contributed by atoms with Crippen molar-refractivity contribution in [3.8, 4) is 5.75 Å². The molecule has 3 atom stereocenters. The SMILES string of the molecule is COC(=O)[C@@]1(Br)C(c2ccccc2OC(F)F)CC(=O)N[C@]1(C)OC. The number of carbonyl (C=O) groups excluding carboxylic acids is 2. The molecule has 1 amide bonds. The summed E-state index contributed by atoms with van der Waals surface area (Å²) in [7, 11) is 2.51. The highest BCUT2D eigenvalue weighted by Gasteiger charge is 2.63. The zero-order chi connectivity index (χ0) is 18.8. The van der Waals surface area contributed by atoms with Crippen LogP contribution in [0.5, 0.6) is 5.75 Å². The Hall–Kier alpha value is -1.74. The van der Waals surface area contributed by atoms with Crippen molar-refractivity contribution in [2.75, 3.05) is 14.2 Å². The number of alkyl halides is 3. The number of amides is 1. The van der Waals surface area contributed by atoms with Gasteiger partial charge in [0.15, 0.2) is 10.0 Å². The number of carbonyl (C=O) groups is 2. The summed E-state index contributed by atoms with van der Waals surface area (Å²) in [6, 6.07) is 6.00. The van der Waals surface area contributed by atoms with Gasteiger partial charge in [0, 0.05) is 25.0 Å². The number of para-hydroxylation sites is 1. The predicted octanol–water partition coefficient (Wildman–Crippen LogP) is 2.56. The molecule has 2 rings (SSSR count). The minimum Gasteiger partial charge on any atom is -0.468 e. The first-order valence-electron chi connectivity index (χ1n) is 7.36. The van der Waals surface area contributed by atoms with Gasteiger partial charge in [-0.1, -0.05) is 34.1 Å². The summed E-state index contributed by atoms with van der Waals surface area (Å²) in [5.41, 5.74) is -1.21. The molecule has 0 aliphatic carbocycles. The van der Waals surface area contributed by atoms with E-state index < -0.39 is 34.5 Å². The van der Waals surface area contributed by atoms with Crippen molar-refractivity contribution in [1.29, 1.82) is 0 Å². The maximum atomic E-state index is 12.8. The highest BCUT2D eigenvalue weighted by Crippen LogP contribution is 2.51. The van der Waals surface area contributed by atoms with Gasteiger partial charge in [-0.2, -0.15) is 8.78 Å². The van der Waals surface area contributed by atoms with Crippen LogP contribution < -0.4 is 10.1 Å². The summed E-state index contributed by atoms with van der Waals surface area (Å²) in [5.74, 6) is -2.11. The van der Waals surface area contributed by atoms with Crippen molar-refractivity contribution in [3.63, 3.8) is 0 Å². The Balaban J connectivity index is 2.64. The Morgan fingerprint density at radius 1 is 1.36 bits per heavy atom. The van der Waals surface area contributed by atoms with Gasteiger partial charge >= 0.3 is 12.6 Å². The topological polar surface area (TPSA) is 73.9 Å². The highest BCUT2D eigenvalue weighted by molar-refractivity contribution is 9.10. The molecule has 9 heteroatoms. The lowest BCUT2D eigenvalue weighted by Gasteiger charge is -2.49. The number of nitrogens with one attached hydrogen (secondary N) is 1. The molecule has 1 aliphatic rings. The molecular formula is C16H18BrF2NO5. The van der Waals surface area contributed by atoms with Crippen molar-refractivity contribution < 1.29 is 32.6 Å². The van der Waals surface area contributed by atoms with Crippen LogP contribution >= 0.6 is 15.9 Å². The number of rotatable bonds is 5. The molecule has 0 radical (unpaired) electrons. The van der Waals surface area contributed by atoms with E-state index in [0.29, 0.717) is 0 Å². The van der Waals surface area contributed by atoms with Gasteiger partial charge in [0.05, 0.1) is 7.11 Å². The maximum absolute atomic E-state index is 12.8. The molecule has 1 N–H and O–H groups in total. The van der Waals surface area contributed by atoms with E-state index in [1.54, 1.807) is 6.07 Å². The molecule has 6 nitrogen and oxygen atoms in total. The first-order valence-corrected chi connectivity index (χ1v) is 8.16. The van der Waals surface area contributed by atoms with Gasteiger partial charge < -0.3 is 19.5 Å². The molecule has 0 saturated carbocycles. The Morgan fingerprint density at radius 3 is 2.56 bits per heavy atom. The van der Waals surface area contributed by atoms with E-state index >= 15 is 0 Å². The zero-order valence-electron chi connectivity index (χ0n) is 13.8. The number of hydrogen-bond acceptors (Lipinski definition) is 5. The van der Waals surface area contributed by atoms with Crippen molar-refractivity contribution in [2.24, 2.45) is 0 Å². The van der Waals surface area contributed by atoms with Crippen molar-refractivity contribution in [1.82, 2.24) is 5.32 Å². The second kappa shape index (κ2) is 7.25.